The molecule has 0 bridgehead atoms. The van der Waals surface area contributed by atoms with E-state index in [1.165, 1.54) is 73.6 Å². The topological polar surface area (TPSA) is 0 Å². The molecule has 42 heavy (non-hydrogen) atoms. The fraction of sp³-hybridized carbons (Fsp3) is 0.524. The van der Waals surface area contributed by atoms with E-state index < -0.39 is 0 Å². The zero-order valence-corrected chi connectivity index (χ0v) is 28.6. The summed E-state index contributed by atoms with van der Waals surface area (Å²) in [4.78, 5) is 0. The lowest BCUT2D eigenvalue weighted by molar-refractivity contribution is 0.810. The normalized spacial score (nSPS) is 12.8. The molecule has 0 aromatic heterocycles. The molecule has 0 fully saturated rings. The van der Waals surface area contributed by atoms with E-state index in [1.807, 2.05) is 0 Å². The van der Waals surface area contributed by atoms with E-state index in [9.17, 15) is 0 Å². The third-order valence-electron chi connectivity index (χ3n) is 11.0. The van der Waals surface area contributed by atoms with Gasteiger partial charge in [0.25, 0.3) is 0 Å². The van der Waals surface area contributed by atoms with Crippen molar-refractivity contribution in [2.24, 2.45) is 0 Å². The molecule has 0 heteroatoms. The Balaban J connectivity index is 1.93. The van der Waals surface area contributed by atoms with E-state index in [4.69, 9.17) is 0 Å². The lowest BCUT2D eigenvalue weighted by Crippen LogP contribution is -2.17. The fourth-order valence-corrected chi connectivity index (χ4v) is 8.69. The first-order chi connectivity index (χ1) is 20.3. The van der Waals surface area contributed by atoms with Crippen molar-refractivity contribution in [3.05, 3.63) is 90.0 Å². The van der Waals surface area contributed by atoms with Crippen molar-refractivity contribution in [1.82, 2.24) is 0 Å². The lowest BCUT2D eigenvalue weighted by Gasteiger charge is -2.31. The minimum atomic E-state index is 1.10. The quantitative estimate of drug-likeness (QED) is 0.149. The standard InChI is InChI=1S/C42H56/c1-11-17-31-32(18-12-2)34(20-14-4)42-24-40-30(16-6)38-22-36-28(10)26(8)25(7)27(9)35(36)21-37(38)29(15-5)39(40)23-41(42)33(31)19-13-3/h23-24H,11-22H2,1-10H3. The van der Waals surface area contributed by atoms with Crippen molar-refractivity contribution in [3.8, 4) is 0 Å². The smallest absolute Gasteiger partial charge is 0.00142 e. The molecule has 0 saturated heterocycles. The molecule has 0 atom stereocenters. The Kier molecular flexibility index (Phi) is 9.22. The van der Waals surface area contributed by atoms with Crippen molar-refractivity contribution in [1.29, 1.82) is 0 Å². The molecule has 5 rings (SSSR count). The molecule has 0 N–H and O–H groups in total. The van der Waals surface area contributed by atoms with Crippen LogP contribution >= 0.6 is 0 Å². The molecule has 0 aliphatic heterocycles. The summed E-state index contributed by atoms with van der Waals surface area (Å²) in [5.41, 5.74) is 22.6. The first kappa shape index (κ1) is 30.8. The Bertz CT molecular complexity index is 1540. The highest BCUT2D eigenvalue weighted by Gasteiger charge is 2.28. The fourth-order valence-electron chi connectivity index (χ4n) is 8.69. The molecule has 4 aromatic rings. The van der Waals surface area contributed by atoms with Gasteiger partial charge in [-0.3, -0.25) is 0 Å². The minimum Gasteiger partial charge on any atom is -0.0651 e. The zero-order valence-electron chi connectivity index (χ0n) is 28.6. The van der Waals surface area contributed by atoms with E-state index in [1.54, 1.807) is 77.2 Å². The van der Waals surface area contributed by atoms with Gasteiger partial charge in [-0.2, -0.15) is 0 Å². The van der Waals surface area contributed by atoms with Crippen LogP contribution in [0.4, 0.5) is 0 Å². The highest BCUT2D eigenvalue weighted by atomic mass is 14.3. The molecule has 0 spiro atoms. The van der Waals surface area contributed by atoms with Crippen molar-refractivity contribution >= 4 is 21.5 Å². The Labute approximate surface area is 257 Å². The Morgan fingerprint density at radius 2 is 0.690 bits per heavy atom. The average molecular weight is 561 g/mol. The summed E-state index contributed by atoms with van der Waals surface area (Å²) < 4.78 is 0. The van der Waals surface area contributed by atoms with Crippen molar-refractivity contribution in [2.45, 2.75) is 146 Å². The van der Waals surface area contributed by atoms with Crippen LogP contribution < -0.4 is 0 Å². The Morgan fingerprint density at radius 3 is 1.00 bits per heavy atom. The van der Waals surface area contributed by atoms with E-state index in [2.05, 4.69) is 81.4 Å². The van der Waals surface area contributed by atoms with Gasteiger partial charge in [0, 0.05) is 0 Å². The van der Waals surface area contributed by atoms with E-state index in [0.717, 1.165) is 25.7 Å². The monoisotopic (exact) mass is 560 g/mol. The van der Waals surface area contributed by atoms with Crippen molar-refractivity contribution in [2.75, 3.05) is 0 Å². The molecule has 1 aliphatic carbocycles. The molecular formula is C42H56. The van der Waals surface area contributed by atoms with Crippen LogP contribution in [0.3, 0.4) is 0 Å². The number of aryl methyl sites for hydroxylation is 4. The molecule has 1 aliphatic rings. The minimum absolute atomic E-state index is 1.10. The summed E-state index contributed by atoms with van der Waals surface area (Å²) in [5, 5.41) is 6.24. The number of fused-ring (bicyclic) bond motifs is 4. The third-order valence-corrected chi connectivity index (χ3v) is 11.0. The maximum absolute atomic E-state index is 2.69. The van der Waals surface area contributed by atoms with Crippen LogP contribution in [0.25, 0.3) is 21.5 Å². The highest BCUT2D eigenvalue weighted by molar-refractivity contribution is 6.05. The van der Waals surface area contributed by atoms with E-state index in [-0.39, 0.29) is 0 Å². The SMILES string of the molecule is CCCc1c(CCC)c(CCC)c2cc3c(CC)c4c(c(CC)c3cc2c1CCC)Cc1c(C)c(C)c(C)c(C)c1C4. The van der Waals surface area contributed by atoms with Gasteiger partial charge >= 0.3 is 0 Å². The van der Waals surface area contributed by atoms with Crippen LogP contribution in [0.15, 0.2) is 12.1 Å². The molecule has 0 amide bonds. The van der Waals surface area contributed by atoms with Gasteiger partial charge in [0.1, 0.15) is 0 Å². The van der Waals surface area contributed by atoms with Gasteiger partial charge in [-0.05, 0) is 191 Å². The molecule has 0 saturated carbocycles. The first-order valence-corrected chi connectivity index (χ1v) is 17.4. The van der Waals surface area contributed by atoms with Gasteiger partial charge in [-0.1, -0.05) is 67.2 Å². The first-order valence-electron chi connectivity index (χ1n) is 17.4. The van der Waals surface area contributed by atoms with Crippen LogP contribution in [0, 0.1) is 27.7 Å². The summed E-state index contributed by atoms with van der Waals surface area (Å²) in [7, 11) is 0. The molecule has 0 heterocycles. The molecule has 0 unspecified atom stereocenters. The second-order valence-electron chi connectivity index (χ2n) is 13.3. The lowest BCUT2D eigenvalue weighted by atomic mass is 9.73. The highest BCUT2D eigenvalue weighted by Crippen LogP contribution is 2.44. The van der Waals surface area contributed by atoms with Gasteiger partial charge in [-0.15, -0.1) is 0 Å². The number of rotatable bonds is 10. The summed E-state index contributed by atoms with van der Waals surface area (Å²) in [6, 6.07) is 5.38. The van der Waals surface area contributed by atoms with Gasteiger partial charge in [-0.25, -0.2) is 0 Å². The second-order valence-corrected chi connectivity index (χ2v) is 13.3. The van der Waals surface area contributed by atoms with Crippen LogP contribution in [-0.4, -0.2) is 0 Å². The van der Waals surface area contributed by atoms with Crippen LogP contribution in [0.5, 0.6) is 0 Å². The van der Waals surface area contributed by atoms with Crippen molar-refractivity contribution in [3.63, 3.8) is 0 Å². The van der Waals surface area contributed by atoms with Crippen LogP contribution in [-0.2, 0) is 51.4 Å². The van der Waals surface area contributed by atoms with Gasteiger partial charge < -0.3 is 0 Å². The van der Waals surface area contributed by atoms with Crippen LogP contribution in [0.1, 0.15) is 145 Å². The summed E-state index contributed by atoms with van der Waals surface area (Å²) >= 11 is 0. The van der Waals surface area contributed by atoms with Crippen LogP contribution in [0.2, 0.25) is 0 Å². The van der Waals surface area contributed by atoms with Gasteiger partial charge in [0.05, 0.1) is 0 Å². The van der Waals surface area contributed by atoms with Gasteiger partial charge in [0.2, 0.25) is 0 Å². The second kappa shape index (κ2) is 12.6. The van der Waals surface area contributed by atoms with E-state index in [0.29, 0.717) is 0 Å². The summed E-state index contributed by atoms with van der Waals surface area (Å²) in [5.74, 6) is 0. The largest absolute Gasteiger partial charge is 0.0651 e. The molecule has 0 radical (unpaired) electrons. The Morgan fingerprint density at radius 1 is 0.381 bits per heavy atom. The zero-order chi connectivity index (χ0) is 30.3. The molecular weight excluding hydrogens is 504 g/mol. The third kappa shape index (κ3) is 4.82. The number of benzene rings is 4. The van der Waals surface area contributed by atoms with Crippen molar-refractivity contribution < 1.29 is 0 Å². The summed E-state index contributed by atoms with van der Waals surface area (Å²) in [6.45, 7) is 23.7. The molecule has 4 aromatic carbocycles. The average Bonchev–Trinajstić information content (AvgIpc) is 2.99. The Hall–Kier alpha value is -2.60. The number of hydrogen-bond donors (Lipinski definition) is 0. The predicted molar refractivity (Wildman–Crippen MR) is 187 cm³/mol. The summed E-state index contributed by atoms with van der Waals surface area (Å²) in [6.07, 6.45) is 14.1. The maximum atomic E-state index is 2.69. The molecule has 0 nitrogen and oxygen atoms in total. The maximum Gasteiger partial charge on any atom is -0.00142 e. The van der Waals surface area contributed by atoms with E-state index >= 15 is 0 Å². The predicted octanol–water partition coefficient (Wildman–Crippen LogP) is 11.7. The number of hydrogen-bond acceptors (Lipinski definition) is 0. The molecule has 224 valence electrons. The van der Waals surface area contributed by atoms with Gasteiger partial charge in [0.15, 0.2) is 0 Å².